The molecule has 0 saturated heterocycles. The summed E-state index contributed by atoms with van der Waals surface area (Å²) in [5.74, 6) is 0. The van der Waals surface area contributed by atoms with Crippen molar-refractivity contribution < 1.29 is 4.42 Å². The molecule has 2 nitrogen and oxygen atoms in total. The largest absolute Gasteiger partial charge is 0.456 e. The molecular weight excluding hydrogens is 515 g/mol. The van der Waals surface area contributed by atoms with Crippen molar-refractivity contribution in [3.8, 4) is 16.8 Å². The molecule has 0 saturated carbocycles. The fraction of sp³-hybridized carbons (Fsp3) is 0.0526. The molecule has 0 aliphatic heterocycles. The molecule has 0 aliphatic carbocycles. The zero-order valence-electron chi connectivity index (χ0n) is 23.1. The van der Waals surface area contributed by atoms with Crippen molar-refractivity contribution in [2.24, 2.45) is 0 Å². The highest BCUT2D eigenvalue weighted by molar-refractivity contribution is 7.01. The third-order valence-electron chi connectivity index (χ3n) is 8.69. The highest BCUT2D eigenvalue weighted by Crippen LogP contribution is 2.34. The maximum absolute atomic E-state index is 6.14. The molecular formula is C38H29NOSi. The number of fused-ring (bicyclic) bond motifs is 6. The van der Waals surface area contributed by atoms with Crippen molar-refractivity contribution in [3.63, 3.8) is 0 Å². The van der Waals surface area contributed by atoms with Gasteiger partial charge in [0.05, 0.1) is 11.0 Å². The molecule has 2 heterocycles. The summed E-state index contributed by atoms with van der Waals surface area (Å²) in [5.41, 5.74) is 8.16. The van der Waals surface area contributed by atoms with Gasteiger partial charge in [-0.3, -0.25) is 0 Å². The Kier molecular flexibility index (Phi) is 5.31. The lowest BCUT2D eigenvalue weighted by Gasteiger charge is -2.29. The first kappa shape index (κ1) is 24.0. The third kappa shape index (κ3) is 3.63. The number of aromatic nitrogens is 1. The Morgan fingerprint density at radius 3 is 1.80 bits per heavy atom. The molecule has 3 heteroatoms. The highest BCUT2D eigenvalue weighted by Gasteiger charge is 2.32. The van der Waals surface area contributed by atoms with Gasteiger partial charge in [0, 0.05) is 27.2 Å². The molecule has 0 aliphatic rings. The molecule has 0 amide bonds. The first-order chi connectivity index (χ1) is 20.1. The van der Waals surface area contributed by atoms with Crippen LogP contribution in [0.3, 0.4) is 0 Å². The van der Waals surface area contributed by atoms with Gasteiger partial charge >= 0.3 is 0 Å². The molecule has 0 fully saturated rings. The van der Waals surface area contributed by atoms with Gasteiger partial charge in [-0.1, -0.05) is 116 Å². The van der Waals surface area contributed by atoms with Crippen LogP contribution in [0.25, 0.3) is 60.6 Å². The highest BCUT2D eigenvalue weighted by atomic mass is 28.3. The summed E-state index contributed by atoms with van der Waals surface area (Å²) < 4.78 is 8.62. The van der Waals surface area contributed by atoms with Crippen LogP contribution in [-0.4, -0.2) is 12.6 Å². The lowest BCUT2D eigenvalue weighted by Crippen LogP contribution is -2.54. The first-order valence-corrected chi connectivity index (χ1v) is 17.2. The fourth-order valence-electron chi connectivity index (χ4n) is 6.70. The van der Waals surface area contributed by atoms with Gasteiger partial charge in [-0.2, -0.15) is 0 Å². The standard InChI is InChI=1S/C38H29NOSi/c1-41(2,37-21-11-6-13-27(37)26-23-24-36-31(25-26)30-16-5-10-20-35(30)40-36)38-22-12-9-19-34(38)39-32-17-7-3-14-28(32)29-15-4-8-18-33(29)39/h3-25H,1-2H3. The van der Waals surface area contributed by atoms with Crippen LogP contribution in [0.1, 0.15) is 0 Å². The van der Waals surface area contributed by atoms with E-state index in [0.717, 1.165) is 21.9 Å². The van der Waals surface area contributed by atoms with Gasteiger partial charge in [-0.25, -0.2) is 0 Å². The van der Waals surface area contributed by atoms with Crippen LogP contribution in [0.5, 0.6) is 0 Å². The molecule has 0 unspecified atom stereocenters. The SMILES string of the molecule is C[Si](C)(c1ccccc1-c1ccc2oc3ccccc3c2c1)c1ccccc1-n1c2ccccc2c2ccccc21. The maximum atomic E-state index is 6.14. The van der Waals surface area contributed by atoms with Gasteiger partial charge < -0.3 is 8.98 Å². The van der Waals surface area contributed by atoms with E-state index in [0.29, 0.717) is 0 Å². The van der Waals surface area contributed by atoms with Crippen LogP contribution < -0.4 is 10.4 Å². The van der Waals surface area contributed by atoms with Crippen molar-refractivity contribution in [3.05, 3.63) is 140 Å². The van der Waals surface area contributed by atoms with Gasteiger partial charge in [0.1, 0.15) is 19.2 Å². The van der Waals surface area contributed by atoms with Gasteiger partial charge in [0.25, 0.3) is 0 Å². The molecule has 0 spiro atoms. The molecule has 0 radical (unpaired) electrons. The molecule has 0 atom stereocenters. The molecule has 0 N–H and O–H groups in total. The quantitative estimate of drug-likeness (QED) is 0.202. The summed E-state index contributed by atoms with van der Waals surface area (Å²) in [6.07, 6.45) is 0. The molecule has 6 aromatic carbocycles. The molecule has 0 bridgehead atoms. The van der Waals surface area contributed by atoms with E-state index in [9.17, 15) is 0 Å². The first-order valence-electron chi connectivity index (χ1n) is 14.2. The average molecular weight is 544 g/mol. The van der Waals surface area contributed by atoms with Crippen molar-refractivity contribution in [2.75, 3.05) is 0 Å². The third-order valence-corrected chi connectivity index (χ3v) is 12.2. The molecule has 8 rings (SSSR count). The number of rotatable bonds is 4. The van der Waals surface area contributed by atoms with Crippen molar-refractivity contribution in [1.29, 1.82) is 0 Å². The Morgan fingerprint density at radius 2 is 1.05 bits per heavy atom. The fourth-order valence-corrected chi connectivity index (χ4v) is 9.75. The predicted octanol–water partition coefficient (Wildman–Crippen LogP) is 9.17. The van der Waals surface area contributed by atoms with E-state index >= 15 is 0 Å². The zero-order valence-corrected chi connectivity index (χ0v) is 24.1. The Morgan fingerprint density at radius 1 is 0.488 bits per heavy atom. The summed E-state index contributed by atoms with van der Waals surface area (Å²) in [5, 5.41) is 7.76. The zero-order chi connectivity index (χ0) is 27.6. The van der Waals surface area contributed by atoms with Gasteiger partial charge in [-0.05, 0) is 57.9 Å². The number of furan rings is 1. The number of para-hydroxylation sites is 4. The average Bonchev–Trinajstić information content (AvgIpc) is 3.56. The number of benzene rings is 6. The lowest BCUT2D eigenvalue weighted by molar-refractivity contribution is 0.669. The maximum Gasteiger partial charge on any atom is 0.135 e. The Hall–Kier alpha value is -4.86. The number of hydrogen-bond acceptors (Lipinski definition) is 1. The monoisotopic (exact) mass is 543 g/mol. The molecule has 41 heavy (non-hydrogen) atoms. The second-order valence-electron chi connectivity index (χ2n) is 11.4. The van der Waals surface area contributed by atoms with Crippen LogP contribution in [0, 0.1) is 0 Å². The van der Waals surface area contributed by atoms with Crippen molar-refractivity contribution in [1.82, 2.24) is 4.57 Å². The Balaban J connectivity index is 1.35. The number of hydrogen-bond donors (Lipinski definition) is 0. The van der Waals surface area contributed by atoms with Crippen LogP contribution in [0.2, 0.25) is 13.1 Å². The second-order valence-corrected chi connectivity index (χ2v) is 15.7. The Labute approximate surface area is 240 Å². The topological polar surface area (TPSA) is 18.1 Å². The van der Waals surface area contributed by atoms with Gasteiger partial charge in [-0.15, -0.1) is 0 Å². The lowest BCUT2D eigenvalue weighted by atomic mass is 10.0. The van der Waals surface area contributed by atoms with Crippen LogP contribution in [-0.2, 0) is 0 Å². The smallest absolute Gasteiger partial charge is 0.135 e. The normalized spacial score (nSPS) is 12.1. The molecule has 2 aromatic heterocycles. The van der Waals surface area contributed by atoms with Crippen LogP contribution in [0.4, 0.5) is 0 Å². The minimum Gasteiger partial charge on any atom is -0.456 e. The summed E-state index contributed by atoms with van der Waals surface area (Å²) in [6.45, 7) is 4.98. The predicted molar refractivity (Wildman–Crippen MR) is 177 cm³/mol. The molecule has 8 aromatic rings. The minimum atomic E-state index is -2.21. The van der Waals surface area contributed by atoms with E-state index in [1.807, 2.05) is 12.1 Å². The van der Waals surface area contributed by atoms with Crippen molar-refractivity contribution >= 4 is 62.2 Å². The number of nitrogens with zero attached hydrogens (tertiary/aromatic N) is 1. The van der Waals surface area contributed by atoms with E-state index < -0.39 is 8.07 Å². The van der Waals surface area contributed by atoms with Crippen LogP contribution >= 0.6 is 0 Å². The summed E-state index contributed by atoms with van der Waals surface area (Å²) >= 11 is 0. The van der Waals surface area contributed by atoms with E-state index in [1.165, 1.54) is 49.0 Å². The van der Waals surface area contributed by atoms with E-state index in [1.54, 1.807) is 0 Å². The van der Waals surface area contributed by atoms with Gasteiger partial charge in [0.15, 0.2) is 0 Å². The summed E-state index contributed by atoms with van der Waals surface area (Å²) in [7, 11) is -2.21. The van der Waals surface area contributed by atoms with E-state index in [-0.39, 0.29) is 0 Å². The summed E-state index contributed by atoms with van der Waals surface area (Å²) in [6, 6.07) is 50.5. The molecule has 196 valence electrons. The second kappa shape index (κ2) is 9.08. The van der Waals surface area contributed by atoms with Gasteiger partial charge in [0.2, 0.25) is 0 Å². The Bertz CT molecular complexity index is 2200. The summed E-state index contributed by atoms with van der Waals surface area (Å²) in [4.78, 5) is 0. The minimum absolute atomic E-state index is 0.931. The van der Waals surface area contributed by atoms with Crippen molar-refractivity contribution in [2.45, 2.75) is 13.1 Å². The van der Waals surface area contributed by atoms with E-state index in [4.69, 9.17) is 4.42 Å². The van der Waals surface area contributed by atoms with E-state index in [2.05, 4.69) is 145 Å². The van der Waals surface area contributed by atoms with Crippen LogP contribution in [0.15, 0.2) is 144 Å².